The molecule has 0 aromatic heterocycles. The first-order chi connectivity index (χ1) is 15.8. The molecule has 3 rings (SSSR count). The van der Waals surface area contributed by atoms with E-state index < -0.39 is 12.0 Å². The van der Waals surface area contributed by atoms with Crippen LogP contribution in [0.1, 0.15) is 36.6 Å². The number of ether oxygens (including phenoxy) is 2. The number of allylic oxidation sites excluding steroid dienone is 1. The third-order valence-electron chi connectivity index (χ3n) is 5.28. The van der Waals surface area contributed by atoms with Crippen LogP contribution in [0.4, 0.5) is 5.69 Å². The number of para-hydroxylation sites is 1. The molecular formula is C25H29N3O4S. The number of nitrogens with one attached hydrogen (secondary N) is 2. The van der Waals surface area contributed by atoms with Gasteiger partial charge in [-0.3, -0.25) is 4.79 Å². The maximum Gasteiger partial charge on any atom is 0.338 e. The van der Waals surface area contributed by atoms with Crippen molar-refractivity contribution in [1.29, 1.82) is 0 Å². The molecule has 2 aromatic rings. The smallest absolute Gasteiger partial charge is 0.338 e. The number of rotatable bonds is 7. The first-order valence-corrected chi connectivity index (χ1v) is 11.7. The van der Waals surface area contributed by atoms with Crippen LogP contribution in [-0.2, 0) is 14.3 Å². The van der Waals surface area contributed by atoms with E-state index in [0.29, 0.717) is 22.2 Å². The molecule has 174 valence electrons. The van der Waals surface area contributed by atoms with E-state index in [1.54, 1.807) is 21.0 Å². The van der Waals surface area contributed by atoms with Crippen LogP contribution in [0.25, 0.3) is 0 Å². The van der Waals surface area contributed by atoms with Crippen molar-refractivity contribution in [3.8, 4) is 5.75 Å². The van der Waals surface area contributed by atoms with E-state index in [9.17, 15) is 9.59 Å². The molecule has 1 aliphatic rings. The molecule has 0 bridgehead atoms. The molecule has 0 fully saturated rings. The van der Waals surface area contributed by atoms with Gasteiger partial charge in [-0.15, -0.1) is 0 Å². The lowest BCUT2D eigenvalue weighted by molar-refractivity contribution is -0.139. The lowest BCUT2D eigenvalue weighted by atomic mass is 9.96. The van der Waals surface area contributed by atoms with Gasteiger partial charge in [0.2, 0.25) is 5.91 Å². The SMILES string of the molecule is CCOC(=O)C1=C(C)NC(SCC(=O)Nc2ccc(C)c(C)c2)=N[C@@H]1c1ccccc1OC. The Morgan fingerprint density at radius 2 is 1.88 bits per heavy atom. The molecule has 0 saturated heterocycles. The highest BCUT2D eigenvalue weighted by Gasteiger charge is 2.32. The molecule has 7 nitrogen and oxygen atoms in total. The maximum atomic E-state index is 12.7. The van der Waals surface area contributed by atoms with E-state index in [4.69, 9.17) is 14.5 Å². The third-order valence-corrected chi connectivity index (χ3v) is 6.17. The van der Waals surface area contributed by atoms with Gasteiger partial charge in [0.25, 0.3) is 0 Å². The number of amides is 1. The summed E-state index contributed by atoms with van der Waals surface area (Å²) in [5.41, 5.74) is 4.86. The van der Waals surface area contributed by atoms with Gasteiger partial charge in [0.05, 0.1) is 25.0 Å². The van der Waals surface area contributed by atoms with Crippen molar-refractivity contribution in [1.82, 2.24) is 5.32 Å². The van der Waals surface area contributed by atoms with Crippen molar-refractivity contribution in [2.75, 3.05) is 24.8 Å². The average molecular weight is 468 g/mol. The van der Waals surface area contributed by atoms with E-state index in [0.717, 1.165) is 16.8 Å². The molecule has 2 aromatic carbocycles. The van der Waals surface area contributed by atoms with Crippen LogP contribution in [0.3, 0.4) is 0 Å². The van der Waals surface area contributed by atoms with Gasteiger partial charge in [-0.05, 0) is 57.0 Å². The van der Waals surface area contributed by atoms with E-state index in [1.807, 2.05) is 56.3 Å². The van der Waals surface area contributed by atoms with Crippen molar-refractivity contribution in [3.63, 3.8) is 0 Å². The van der Waals surface area contributed by atoms with Crippen LogP contribution in [0.5, 0.6) is 5.75 Å². The molecule has 0 aliphatic carbocycles. The number of benzene rings is 2. The Balaban J connectivity index is 1.80. The van der Waals surface area contributed by atoms with Crippen molar-refractivity contribution in [2.45, 2.75) is 33.7 Å². The number of hydrogen-bond acceptors (Lipinski definition) is 7. The number of amidine groups is 1. The van der Waals surface area contributed by atoms with Crippen LogP contribution in [0, 0.1) is 13.8 Å². The summed E-state index contributed by atoms with van der Waals surface area (Å²) in [6.45, 7) is 7.87. The number of thioether (sulfide) groups is 1. The topological polar surface area (TPSA) is 89.0 Å². The fraction of sp³-hybridized carbons (Fsp3) is 0.320. The number of nitrogens with zero attached hydrogens (tertiary/aromatic N) is 1. The summed E-state index contributed by atoms with van der Waals surface area (Å²) < 4.78 is 10.8. The minimum atomic E-state index is -0.605. The summed E-state index contributed by atoms with van der Waals surface area (Å²) in [5, 5.41) is 6.61. The molecule has 1 amide bonds. The summed E-state index contributed by atoms with van der Waals surface area (Å²) in [7, 11) is 1.58. The highest BCUT2D eigenvalue weighted by atomic mass is 32.2. The van der Waals surface area contributed by atoms with Gasteiger partial charge in [0.15, 0.2) is 5.17 Å². The van der Waals surface area contributed by atoms with Crippen molar-refractivity contribution < 1.29 is 19.1 Å². The van der Waals surface area contributed by atoms with E-state index in [-0.39, 0.29) is 18.3 Å². The predicted octanol–water partition coefficient (Wildman–Crippen LogP) is 4.52. The standard InChI is InChI=1S/C25H29N3O4S/c1-6-32-24(30)22-17(4)26-25(28-23(22)19-9-7-8-10-20(19)31-5)33-14-21(29)27-18-12-11-15(2)16(3)13-18/h7-13,23H,6,14H2,1-5H3,(H,26,28)(H,27,29)/t23-/m1/s1. The van der Waals surface area contributed by atoms with Gasteiger partial charge in [-0.1, -0.05) is 36.0 Å². The van der Waals surface area contributed by atoms with Crippen LogP contribution in [0.2, 0.25) is 0 Å². The second-order valence-electron chi connectivity index (χ2n) is 7.60. The normalized spacial score (nSPS) is 15.4. The Bertz CT molecular complexity index is 1110. The maximum absolute atomic E-state index is 12.7. The van der Waals surface area contributed by atoms with Gasteiger partial charge in [0, 0.05) is 16.9 Å². The largest absolute Gasteiger partial charge is 0.496 e. The number of carbonyl (C=O) groups excluding carboxylic acids is 2. The fourth-order valence-electron chi connectivity index (χ4n) is 3.46. The van der Waals surface area contributed by atoms with Gasteiger partial charge < -0.3 is 20.1 Å². The first kappa shape index (κ1) is 24.4. The van der Waals surface area contributed by atoms with Gasteiger partial charge in [0.1, 0.15) is 11.8 Å². The second kappa shape index (κ2) is 11.0. The molecule has 2 N–H and O–H groups in total. The van der Waals surface area contributed by atoms with Gasteiger partial charge in [-0.2, -0.15) is 0 Å². The van der Waals surface area contributed by atoms with Crippen LogP contribution in [-0.4, -0.2) is 36.5 Å². The summed E-state index contributed by atoms with van der Waals surface area (Å²) in [4.78, 5) is 30.0. The predicted molar refractivity (Wildman–Crippen MR) is 133 cm³/mol. The summed E-state index contributed by atoms with van der Waals surface area (Å²) in [6.07, 6.45) is 0. The Labute approximate surface area is 198 Å². The molecule has 0 radical (unpaired) electrons. The van der Waals surface area contributed by atoms with Gasteiger partial charge >= 0.3 is 5.97 Å². The molecule has 33 heavy (non-hydrogen) atoms. The fourth-order valence-corrected chi connectivity index (χ4v) is 4.21. The third kappa shape index (κ3) is 5.96. The van der Waals surface area contributed by atoms with Gasteiger partial charge in [-0.25, -0.2) is 9.79 Å². The number of aliphatic imine (C=N–C) groups is 1. The molecule has 1 aliphatic heterocycles. The molecule has 0 spiro atoms. The summed E-state index contributed by atoms with van der Waals surface area (Å²) in [5.74, 6) is 0.220. The Morgan fingerprint density at radius 1 is 1.12 bits per heavy atom. The summed E-state index contributed by atoms with van der Waals surface area (Å²) in [6, 6.07) is 12.6. The number of esters is 1. The lowest BCUT2D eigenvalue weighted by Crippen LogP contribution is -2.31. The van der Waals surface area contributed by atoms with E-state index in [2.05, 4.69) is 10.6 Å². The van der Waals surface area contributed by atoms with Crippen molar-refractivity contribution >= 4 is 34.5 Å². The molecule has 1 heterocycles. The minimum absolute atomic E-state index is 0.139. The highest BCUT2D eigenvalue weighted by Crippen LogP contribution is 2.37. The molecule has 0 saturated carbocycles. The second-order valence-corrected chi connectivity index (χ2v) is 8.56. The number of hydrogen-bond donors (Lipinski definition) is 2. The first-order valence-electron chi connectivity index (χ1n) is 10.7. The number of methoxy groups -OCH3 is 1. The quantitative estimate of drug-likeness (QED) is 0.582. The zero-order chi connectivity index (χ0) is 24.0. The molecule has 8 heteroatoms. The van der Waals surface area contributed by atoms with Crippen LogP contribution < -0.4 is 15.4 Å². The Morgan fingerprint density at radius 3 is 2.58 bits per heavy atom. The van der Waals surface area contributed by atoms with Crippen LogP contribution in [0.15, 0.2) is 58.7 Å². The number of carbonyl (C=O) groups is 2. The number of aryl methyl sites for hydroxylation is 2. The zero-order valence-electron chi connectivity index (χ0n) is 19.5. The Kier molecular flexibility index (Phi) is 8.16. The van der Waals surface area contributed by atoms with E-state index >= 15 is 0 Å². The van der Waals surface area contributed by atoms with E-state index in [1.165, 1.54) is 17.3 Å². The molecule has 0 unspecified atom stereocenters. The minimum Gasteiger partial charge on any atom is -0.496 e. The monoisotopic (exact) mass is 467 g/mol. The molecular weight excluding hydrogens is 438 g/mol. The lowest BCUT2D eigenvalue weighted by Gasteiger charge is -2.26. The zero-order valence-corrected chi connectivity index (χ0v) is 20.3. The molecule has 1 atom stereocenters. The number of anilines is 1. The van der Waals surface area contributed by atoms with Crippen LogP contribution >= 0.6 is 11.8 Å². The van der Waals surface area contributed by atoms with Crippen molar-refractivity contribution in [2.24, 2.45) is 4.99 Å². The Hall–Kier alpha value is -3.26. The summed E-state index contributed by atoms with van der Waals surface area (Å²) >= 11 is 1.27. The highest BCUT2D eigenvalue weighted by molar-refractivity contribution is 8.14. The van der Waals surface area contributed by atoms with Crippen molar-refractivity contribution in [3.05, 3.63) is 70.4 Å². The average Bonchev–Trinajstić information content (AvgIpc) is 2.79.